The maximum absolute atomic E-state index is 14.5. The highest BCUT2D eigenvalue weighted by atomic mass is 32.2. The number of urea groups is 1. The van der Waals surface area contributed by atoms with Crippen LogP contribution in [0.25, 0.3) is 0 Å². The number of hydrogen-bond donors (Lipinski definition) is 4. The Morgan fingerprint density at radius 2 is 1.57 bits per heavy atom. The number of amides is 5. The number of Topliss-reactive ketones (excluding diaryl/α,β-unsaturated/α-hetero) is 1. The number of hydrogen-bond acceptors (Lipinski definition) is 7. The smallest absolute Gasteiger partial charge is 0.315 e. The summed E-state index contributed by atoms with van der Waals surface area (Å²) in [7, 11) is -3.54. The van der Waals surface area contributed by atoms with E-state index in [4.69, 9.17) is 0 Å². The summed E-state index contributed by atoms with van der Waals surface area (Å²) < 4.78 is 25.7. The van der Waals surface area contributed by atoms with Gasteiger partial charge in [-0.2, -0.15) is 0 Å². The van der Waals surface area contributed by atoms with Gasteiger partial charge in [-0.15, -0.1) is 6.58 Å². The molecule has 1 saturated heterocycles. The first-order chi connectivity index (χ1) is 22.2. The summed E-state index contributed by atoms with van der Waals surface area (Å²) >= 11 is 0. The molecular formula is C34H55N5O7S. The first kappa shape index (κ1) is 36.9. The van der Waals surface area contributed by atoms with E-state index in [0.717, 1.165) is 70.6 Å². The van der Waals surface area contributed by atoms with Gasteiger partial charge >= 0.3 is 6.03 Å². The molecular weight excluding hydrogens is 622 g/mol. The third kappa shape index (κ3) is 8.94. The Morgan fingerprint density at radius 3 is 2.21 bits per heavy atom. The standard InChI is InChI=1S/C34H55N5O7S/c1-5-19-35-29(41)26(40)20-36-30(42)28-25-16-12-15-24(25)21-39(28)31(43)27(23-13-8-6-9-14-23)37-32(44)38-34(17-10-7-11-18-34)22-47(45,46)33(2,3)4/h5,23-25,27-28H,1,6-22H2,2-4H3,(H,35,41)(H,36,42)(H2,37,38,44)/t24-,25-,27-,28-/m0/s1. The van der Waals surface area contributed by atoms with Crippen molar-refractivity contribution in [2.45, 2.75) is 127 Å². The van der Waals surface area contributed by atoms with Crippen molar-refractivity contribution in [3.8, 4) is 0 Å². The van der Waals surface area contributed by atoms with Crippen molar-refractivity contribution < 1.29 is 32.4 Å². The van der Waals surface area contributed by atoms with E-state index in [1.807, 2.05) is 0 Å². The van der Waals surface area contributed by atoms with Gasteiger partial charge in [-0.05, 0) is 77.0 Å². The van der Waals surface area contributed by atoms with Crippen molar-refractivity contribution in [3.05, 3.63) is 12.7 Å². The minimum atomic E-state index is -3.54. The molecule has 0 aromatic rings. The lowest BCUT2D eigenvalue weighted by atomic mass is 9.82. The van der Waals surface area contributed by atoms with Gasteiger partial charge in [-0.1, -0.05) is 51.0 Å². The lowest BCUT2D eigenvalue weighted by Crippen LogP contribution is -2.62. The number of nitrogens with zero attached hydrogens (tertiary/aromatic N) is 1. The van der Waals surface area contributed by atoms with Gasteiger partial charge in [0.2, 0.25) is 17.6 Å². The molecule has 0 bridgehead atoms. The van der Waals surface area contributed by atoms with Crippen LogP contribution in [0.2, 0.25) is 0 Å². The van der Waals surface area contributed by atoms with Crippen LogP contribution in [0.1, 0.15) is 104 Å². The fraction of sp³-hybridized carbons (Fsp3) is 0.794. The molecule has 13 heteroatoms. The summed E-state index contributed by atoms with van der Waals surface area (Å²) in [6.07, 6.45) is 12.1. The molecule has 1 aliphatic heterocycles. The van der Waals surface area contributed by atoms with Crippen LogP contribution in [0.3, 0.4) is 0 Å². The Balaban J connectivity index is 1.53. The van der Waals surface area contributed by atoms with Crippen LogP contribution in [0.5, 0.6) is 0 Å². The second-order valence-corrected chi connectivity index (χ2v) is 17.9. The number of nitrogens with one attached hydrogen (secondary N) is 4. The van der Waals surface area contributed by atoms with E-state index in [2.05, 4.69) is 27.8 Å². The summed E-state index contributed by atoms with van der Waals surface area (Å²) in [6.45, 7) is 8.55. The number of likely N-dealkylation sites (tertiary alicyclic amines) is 1. The van der Waals surface area contributed by atoms with Crippen LogP contribution in [-0.2, 0) is 29.0 Å². The highest BCUT2D eigenvalue weighted by Crippen LogP contribution is 2.43. The minimum absolute atomic E-state index is 0.0717. The Labute approximate surface area is 279 Å². The second-order valence-electron chi connectivity index (χ2n) is 15.1. The van der Waals surface area contributed by atoms with E-state index >= 15 is 0 Å². The first-order valence-electron chi connectivity index (χ1n) is 17.5. The summed E-state index contributed by atoms with van der Waals surface area (Å²) in [5, 5.41) is 11.0. The molecule has 4 rings (SSSR count). The molecule has 0 aromatic carbocycles. The van der Waals surface area contributed by atoms with Crippen molar-refractivity contribution in [1.29, 1.82) is 0 Å². The van der Waals surface area contributed by atoms with Crippen molar-refractivity contribution in [2.75, 3.05) is 25.4 Å². The van der Waals surface area contributed by atoms with Gasteiger partial charge in [0.1, 0.15) is 12.1 Å². The highest BCUT2D eigenvalue weighted by Gasteiger charge is 2.51. The first-order valence-corrected chi connectivity index (χ1v) is 19.1. The summed E-state index contributed by atoms with van der Waals surface area (Å²) in [5.74, 6) is -2.63. The predicted octanol–water partition coefficient (Wildman–Crippen LogP) is 2.77. The Hall–Kier alpha value is -2.96. The van der Waals surface area contributed by atoms with E-state index in [1.54, 1.807) is 25.7 Å². The highest BCUT2D eigenvalue weighted by molar-refractivity contribution is 7.92. The predicted molar refractivity (Wildman–Crippen MR) is 179 cm³/mol. The molecule has 5 amide bonds. The van der Waals surface area contributed by atoms with Gasteiger partial charge in [-0.25, -0.2) is 13.2 Å². The SMILES string of the molecule is C=CCNC(=O)C(=O)CNC(=O)[C@@H]1[C@H]2CCC[C@H]2CN1C(=O)[C@@H](NC(=O)NC1(CS(=O)(=O)C(C)(C)C)CCCCC1)C1CCCCC1. The van der Waals surface area contributed by atoms with Crippen LogP contribution in [0.15, 0.2) is 12.7 Å². The molecule has 4 atom stereocenters. The third-order valence-electron chi connectivity index (χ3n) is 10.8. The summed E-state index contributed by atoms with van der Waals surface area (Å²) in [5.41, 5.74) is -0.924. The summed E-state index contributed by atoms with van der Waals surface area (Å²) in [4.78, 5) is 67.9. The molecule has 4 fully saturated rings. The normalized spacial score (nSPS) is 25.3. The molecule has 12 nitrogen and oxygen atoms in total. The lowest BCUT2D eigenvalue weighted by molar-refractivity contribution is -0.143. The van der Waals surface area contributed by atoms with Gasteiger partial charge < -0.3 is 26.2 Å². The zero-order chi connectivity index (χ0) is 34.4. The molecule has 0 spiro atoms. The zero-order valence-corrected chi connectivity index (χ0v) is 29.2. The molecule has 4 aliphatic rings. The quantitative estimate of drug-likeness (QED) is 0.182. The van der Waals surface area contributed by atoms with E-state index < -0.39 is 62.4 Å². The molecule has 47 heavy (non-hydrogen) atoms. The Morgan fingerprint density at radius 1 is 0.915 bits per heavy atom. The number of carbonyl (C=O) groups excluding carboxylic acids is 5. The third-order valence-corrected chi connectivity index (χ3v) is 13.6. The van der Waals surface area contributed by atoms with Crippen LogP contribution >= 0.6 is 0 Å². The largest absolute Gasteiger partial charge is 0.347 e. The number of ketones is 1. The van der Waals surface area contributed by atoms with Crippen molar-refractivity contribution in [3.63, 3.8) is 0 Å². The number of carbonyl (C=O) groups is 5. The van der Waals surface area contributed by atoms with E-state index in [-0.39, 0.29) is 36.0 Å². The average Bonchev–Trinajstić information content (AvgIpc) is 3.62. The van der Waals surface area contributed by atoms with Gasteiger partial charge in [-0.3, -0.25) is 19.2 Å². The monoisotopic (exact) mass is 677 g/mol. The van der Waals surface area contributed by atoms with Crippen LogP contribution in [0, 0.1) is 17.8 Å². The van der Waals surface area contributed by atoms with Gasteiger partial charge in [0.15, 0.2) is 9.84 Å². The number of sulfone groups is 1. The number of rotatable bonds is 12. The molecule has 264 valence electrons. The topological polar surface area (TPSA) is 171 Å². The van der Waals surface area contributed by atoms with Crippen LogP contribution < -0.4 is 21.3 Å². The average molecular weight is 678 g/mol. The minimum Gasteiger partial charge on any atom is -0.347 e. The molecule has 0 radical (unpaired) electrons. The fourth-order valence-electron chi connectivity index (χ4n) is 8.04. The maximum atomic E-state index is 14.5. The molecule has 1 heterocycles. The van der Waals surface area contributed by atoms with Gasteiger partial charge in [0, 0.05) is 13.1 Å². The van der Waals surface area contributed by atoms with E-state index in [0.29, 0.717) is 19.4 Å². The van der Waals surface area contributed by atoms with Crippen LogP contribution in [0.4, 0.5) is 4.79 Å². The maximum Gasteiger partial charge on any atom is 0.315 e. The van der Waals surface area contributed by atoms with Gasteiger partial charge in [0.25, 0.3) is 5.91 Å². The van der Waals surface area contributed by atoms with Crippen molar-refractivity contribution in [2.24, 2.45) is 17.8 Å². The second kappa shape index (κ2) is 15.5. The van der Waals surface area contributed by atoms with Crippen LogP contribution in [-0.4, -0.2) is 90.6 Å². The van der Waals surface area contributed by atoms with Crippen molar-refractivity contribution in [1.82, 2.24) is 26.2 Å². The van der Waals surface area contributed by atoms with E-state index in [9.17, 15) is 32.4 Å². The zero-order valence-electron chi connectivity index (χ0n) is 28.4. The summed E-state index contributed by atoms with van der Waals surface area (Å²) in [6, 6.07) is -2.25. The molecule has 0 aromatic heterocycles. The van der Waals surface area contributed by atoms with Gasteiger partial charge in [0.05, 0.1) is 22.6 Å². The molecule has 3 saturated carbocycles. The molecule has 4 N–H and O–H groups in total. The van der Waals surface area contributed by atoms with E-state index in [1.165, 1.54) is 6.08 Å². The molecule has 0 unspecified atom stereocenters. The molecule has 3 aliphatic carbocycles. The Kier molecular flexibility index (Phi) is 12.2. The fourth-order valence-corrected chi connectivity index (χ4v) is 9.57. The lowest BCUT2D eigenvalue weighted by Gasteiger charge is -2.40. The Bertz CT molecular complexity index is 1300. The number of fused-ring (bicyclic) bond motifs is 1. The van der Waals surface area contributed by atoms with Crippen molar-refractivity contribution >= 4 is 39.4 Å².